The Hall–Kier alpha value is -3.87. The number of carboxylic acids is 1. The van der Waals surface area contributed by atoms with E-state index >= 15 is 0 Å². The Morgan fingerprint density at radius 3 is 2.62 bits per heavy atom. The van der Waals surface area contributed by atoms with Crippen molar-refractivity contribution >= 4 is 18.6 Å². The van der Waals surface area contributed by atoms with E-state index in [4.69, 9.17) is 0 Å². The quantitative estimate of drug-likeness (QED) is 0.425. The fourth-order valence-electron chi connectivity index (χ4n) is 3.73. The topological polar surface area (TPSA) is 115 Å². The second kappa shape index (κ2) is 6.94. The minimum absolute atomic E-state index is 0.143. The lowest BCUT2D eigenvalue weighted by Gasteiger charge is -2.02. The van der Waals surface area contributed by atoms with Crippen LogP contribution in [-0.2, 0) is 6.42 Å². The average Bonchev–Trinajstić information content (AvgIpc) is 3.18. The van der Waals surface area contributed by atoms with Gasteiger partial charge >= 0.3 is 5.97 Å². The highest BCUT2D eigenvalue weighted by atomic mass is 16.4. The van der Waals surface area contributed by atoms with E-state index in [1.807, 2.05) is 25.1 Å². The predicted molar refractivity (Wildman–Crippen MR) is 110 cm³/mol. The van der Waals surface area contributed by atoms with Crippen LogP contribution in [0.15, 0.2) is 35.4 Å². The third-order valence-corrected chi connectivity index (χ3v) is 5.19. The Morgan fingerprint density at radius 2 is 1.97 bits per heavy atom. The van der Waals surface area contributed by atoms with E-state index in [-0.39, 0.29) is 11.3 Å². The number of carbonyl (C=O) groups is 1. The van der Waals surface area contributed by atoms with Gasteiger partial charge in [-0.15, -0.1) is 0 Å². The molecule has 0 saturated heterocycles. The Balaban J connectivity index is 2.03. The number of aromatic carboxylic acids is 1. The van der Waals surface area contributed by atoms with Crippen LogP contribution in [-0.4, -0.2) is 31.0 Å². The SMILES string of the molecule is C=c1[nH]c2[nH]c(=O)c(=Cc3[nH]c(C(=O)O)c(C)c3CC)c=2cc1-c1ccncc1. The minimum atomic E-state index is -1.02. The standard InChI is InChI=1S/C22H20N4O3/c1-4-14-11(2)19(22(28)29)25-18(14)10-17-16-9-15(13-5-7-23-8-6-13)12(3)24-20(16)26-21(17)27/h5-10,24-25H,3-4H2,1-2H3,(H,26,27)(H,28,29). The molecule has 29 heavy (non-hydrogen) atoms. The van der Waals surface area contributed by atoms with Crippen LogP contribution in [0, 0.1) is 17.6 Å². The van der Waals surface area contributed by atoms with Crippen LogP contribution in [0.3, 0.4) is 0 Å². The summed E-state index contributed by atoms with van der Waals surface area (Å²) in [5.74, 6) is -1.02. The highest BCUT2D eigenvalue weighted by Crippen LogP contribution is 2.20. The Kier molecular flexibility index (Phi) is 4.43. The van der Waals surface area contributed by atoms with Crippen molar-refractivity contribution in [2.45, 2.75) is 20.3 Å². The summed E-state index contributed by atoms with van der Waals surface area (Å²) in [5.41, 5.74) is 4.44. The molecule has 7 nitrogen and oxygen atoms in total. The van der Waals surface area contributed by atoms with Gasteiger partial charge in [-0.05, 0) is 54.3 Å². The molecule has 2 aromatic heterocycles. The molecule has 2 aliphatic heterocycles. The van der Waals surface area contributed by atoms with Crippen molar-refractivity contribution in [3.05, 3.63) is 84.7 Å². The van der Waals surface area contributed by atoms with Crippen LogP contribution >= 0.6 is 0 Å². The summed E-state index contributed by atoms with van der Waals surface area (Å²) in [6.45, 7) is 7.78. The Morgan fingerprint density at radius 1 is 1.24 bits per heavy atom. The van der Waals surface area contributed by atoms with Crippen LogP contribution < -0.4 is 16.1 Å². The van der Waals surface area contributed by atoms with Crippen molar-refractivity contribution in [3.8, 4) is 11.1 Å². The second-order valence-corrected chi connectivity index (χ2v) is 6.87. The van der Waals surface area contributed by atoms with Crippen molar-refractivity contribution in [2.75, 3.05) is 0 Å². The maximum absolute atomic E-state index is 12.7. The van der Waals surface area contributed by atoms with Crippen LogP contribution in [0.4, 0.5) is 0 Å². The normalized spacial score (nSPS) is 12.0. The molecule has 7 heteroatoms. The Bertz CT molecular complexity index is 1460. The molecule has 0 radical (unpaired) electrons. The van der Waals surface area contributed by atoms with E-state index in [1.54, 1.807) is 25.4 Å². The molecule has 146 valence electrons. The number of carboxylic acid groups (broad SMARTS) is 1. The van der Waals surface area contributed by atoms with Crippen LogP contribution in [0.25, 0.3) is 23.8 Å². The molecule has 0 fully saturated rings. The summed E-state index contributed by atoms with van der Waals surface area (Å²) in [7, 11) is 0. The molecule has 2 aromatic rings. The fourth-order valence-corrected chi connectivity index (χ4v) is 3.73. The molecule has 0 aromatic carbocycles. The predicted octanol–water partition coefficient (Wildman–Crippen LogP) is 1.63. The molecule has 0 aliphatic carbocycles. The van der Waals surface area contributed by atoms with Crippen molar-refractivity contribution in [1.29, 1.82) is 0 Å². The molecular formula is C22H20N4O3. The molecule has 0 bridgehead atoms. The molecule has 4 N–H and O–H groups in total. The van der Waals surface area contributed by atoms with E-state index in [0.717, 1.165) is 16.7 Å². The van der Waals surface area contributed by atoms with E-state index in [9.17, 15) is 14.7 Å². The van der Waals surface area contributed by atoms with Gasteiger partial charge in [0, 0.05) is 34.2 Å². The third-order valence-electron chi connectivity index (χ3n) is 5.19. The number of aromatic amines is 3. The number of rotatable bonds is 4. The fraction of sp³-hybridized carbons (Fsp3) is 0.136. The Labute approximate surface area is 165 Å². The summed E-state index contributed by atoms with van der Waals surface area (Å²) >= 11 is 0. The van der Waals surface area contributed by atoms with Gasteiger partial charge in [0.1, 0.15) is 11.2 Å². The van der Waals surface area contributed by atoms with Gasteiger partial charge in [-0.25, -0.2) is 4.79 Å². The number of nitrogens with zero attached hydrogens (tertiary/aromatic N) is 1. The molecule has 4 heterocycles. The molecule has 4 rings (SSSR count). The zero-order valence-electron chi connectivity index (χ0n) is 16.1. The summed E-state index contributed by atoms with van der Waals surface area (Å²) in [4.78, 5) is 37.1. The number of H-pyrrole nitrogens is 3. The van der Waals surface area contributed by atoms with Gasteiger partial charge in [-0.2, -0.15) is 0 Å². The molecule has 0 atom stereocenters. The van der Waals surface area contributed by atoms with Crippen molar-refractivity contribution in [3.63, 3.8) is 0 Å². The molecule has 2 aliphatic rings. The number of hydrogen-bond donors (Lipinski definition) is 4. The van der Waals surface area contributed by atoms with Crippen molar-refractivity contribution < 1.29 is 9.90 Å². The number of aromatic nitrogens is 4. The van der Waals surface area contributed by atoms with Gasteiger partial charge in [0.2, 0.25) is 0 Å². The van der Waals surface area contributed by atoms with Gasteiger partial charge in [-0.1, -0.05) is 13.5 Å². The number of nitrogens with one attached hydrogen (secondary N) is 3. The average molecular weight is 388 g/mol. The highest BCUT2D eigenvalue weighted by molar-refractivity contribution is 5.88. The summed E-state index contributed by atoms with van der Waals surface area (Å²) in [5, 5.41) is 11.3. The van der Waals surface area contributed by atoms with E-state index in [1.165, 1.54) is 0 Å². The first-order chi connectivity index (χ1) is 13.9. The van der Waals surface area contributed by atoms with Gasteiger partial charge in [0.25, 0.3) is 5.56 Å². The number of hydrogen-bond acceptors (Lipinski definition) is 3. The zero-order chi connectivity index (χ0) is 20.7. The lowest BCUT2D eigenvalue weighted by atomic mass is 10.1. The van der Waals surface area contributed by atoms with Crippen molar-refractivity contribution in [1.82, 2.24) is 19.9 Å². The maximum Gasteiger partial charge on any atom is 0.352 e. The largest absolute Gasteiger partial charge is 0.477 e. The summed E-state index contributed by atoms with van der Waals surface area (Å²) in [6.07, 6.45) is 5.76. The number of pyridine rings is 1. The summed E-state index contributed by atoms with van der Waals surface area (Å²) < 4.78 is 0. The lowest BCUT2D eigenvalue weighted by Crippen LogP contribution is -2.22. The monoisotopic (exact) mass is 388 g/mol. The van der Waals surface area contributed by atoms with Gasteiger partial charge in [0.15, 0.2) is 0 Å². The van der Waals surface area contributed by atoms with Gasteiger partial charge < -0.3 is 20.1 Å². The molecule has 0 spiro atoms. The first-order valence-electron chi connectivity index (χ1n) is 9.21. The van der Waals surface area contributed by atoms with E-state index < -0.39 is 5.97 Å². The van der Waals surface area contributed by atoms with Gasteiger partial charge in [-0.3, -0.25) is 9.78 Å². The molecular weight excluding hydrogens is 368 g/mol. The summed E-state index contributed by atoms with van der Waals surface area (Å²) in [6, 6.07) is 5.66. The zero-order valence-corrected chi connectivity index (χ0v) is 16.1. The van der Waals surface area contributed by atoms with Gasteiger partial charge in [0.05, 0.1) is 5.22 Å². The maximum atomic E-state index is 12.7. The molecule has 0 saturated carbocycles. The van der Waals surface area contributed by atoms with Crippen LogP contribution in [0.1, 0.15) is 34.2 Å². The van der Waals surface area contributed by atoms with Crippen LogP contribution in [0.2, 0.25) is 0 Å². The third kappa shape index (κ3) is 3.06. The molecule has 0 unspecified atom stereocenters. The van der Waals surface area contributed by atoms with Crippen LogP contribution in [0.5, 0.6) is 0 Å². The minimum Gasteiger partial charge on any atom is -0.477 e. The first-order valence-corrected chi connectivity index (χ1v) is 9.21. The van der Waals surface area contributed by atoms with E-state index in [0.29, 0.717) is 38.9 Å². The van der Waals surface area contributed by atoms with Crippen molar-refractivity contribution in [2.24, 2.45) is 0 Å². The lowest BCUT2D eigenvalue weighted by molar-refractivity contribution is 0.0690. The second-order valence-electron chi connectivity index (χ2n) is 6.87. The van der Waals surface area contributed by atoms with E-state index in [2.05, 4.69) is 26.5 Å². The molecule has 0 amide bonds. The first kappa shape index (κ1) is 18.5. The highest BCUT2D eigenvalue weighted by Gasteiger charge is 2.16. The smallest absolute Gasteiger partial charge is 0.352 e.